The van der Waals surface area contributed by atoms with E-state index in [-0.39, 0.29) is 17.4 Å². The number of rotatable bonds is 7. The van der Waals surface area contributed by atoms with Crippen LogP contribution in [0.25, 0.3) is 10.8 Å². The lowest BCUT2D eigenvalue weighted by Crippen LogP contribution is -2.20. The highest BCUT2D eigenvalue weighted by atomic mass is 32.2. The predicted molar refractivity (Wildman–Crippen MR) is 127 cm³/mol. The molecule has 4 aromatic rings. The van der Waals surface area contributed by atoms with Crippen molar-refractivity contribution in [3.63, 3.8) is 0 Å². The fraction of sp³-hybridized carbons (Fsp3) is 0.0800. The van der Waals surface area contributed by atoms with Gasteiger partial charge in [0.05, 0.1) is 10.6 Å². The molecule has 0 unspecified atom stereocenters. The maximum Gasteiger partial charge on any atom is 0.262 e. The number of aryl methyl sites for hydroxylation is 1. The number of sulfonamides is 1. The van der Waals surface area contributed by atoms with E-state index in [2.05, 4.69) is 10.0 Å². The molecule has 0 bridgehead atoms. The number of carbonyl (C=O) groups is 1. The Hall–Kier alpha value is -3.84. The molecule has 0 aliphatic rings. The summed E-state index contributed by atoms with van der Waals surface area (Å²) in [5, 5.41) is 4.46. The van der Waals surface area contributed by atoms with Gasteiger partial charge in [-0.05, 0) is 54.3 Å². The van der Waals surface area contributed by atoms with Gasteiger partial charge in [0, 0.05) is 11.1 Å². The van der Waals surface area contributed by atoms with Crippen molar-refractivity contribution >= 4 is 38.1 Å². The normalized spacial score (nSPS) is 11.2. The lowest BCUT2D eigenvalue weighted by atomic mass is 10.1. The van der Waals surface area contributed by atoms with E-state index >= 15 is 0 Å². The molecule has 0 atom stereocenters. The summed E-state index contributed by atoms with van der Waals surface area (Å²) in [6, 6.07) is 26.4. The van der Waals surface area contributed by atoms with Crippen molar-refractivity contribution in [2.75, 3.05) is 16.6 Å². The molecule has 162 valence electrons. The van der Waals surface area contributed by atoms with Crippen LogP contribution in [0.5, 0.6) is 5.75 Å². The third kappa shape index (κ3) is 4.90. The summed E-state index contributed by atoms with van der Waals surface area (Å²) in [6.07, 6.45) is 0. The van der Waals surface area contributed by atoms with Gasteiger partial charge in [0.2, 0.25) is 0 Å². The number of fused-ring (bicyclic) bond motifs is 1. The highest BCUT2D eigenvalue weighted by Gasteiger charge is 2.16. The fourth-order valence-corrected chi connectivity index (χ4v) is 4.37. The van der Waals surface area contributed by atoms with E-state index in [1.165, 1.54) is 12.1 Å². The molecule has 4 aromatic carbocycles. The minimum absolute atomic E-state index is 0.0968. The Labute approximate surface area is 186 Å². The van der Waals surface area contributed by atoms with E-state index < -0.39 is 10.0 Å². The topological polar surface area (TPSA) is 84.5 Å². The first-order valence-electron chi connectivity index (χ1n) is 10.0. The molecule has 0 fully saturated rings. The predicted octanol–water partition coefficient (Wildman–Crippen LogP) is 4.97. The minimum Gasteiger partial charge on any atom is -0.483 e. The van der Waals surface area contributed by atoms with E-state index in [1.54, 1.807) is 30.3 Å². The number of hydrogen-bond acceptors (Lipinski definition) is 4. The van der Waals surface area contributed by atoms with Crippen molar-refractivity contribution in [2.24, 2.45) is 0 Å². The number of ether oxygens (including phenoxy) is 1. The second kappa shape index (κ2) is 9.11. The van der Waals surface area contributed by atoms with Crippen LogP contribution in [0, 0.1) is 6.92 Å². The monoisotopic (exact) mass is 446 g/mol. The zero-order valence-corrected chi connectivity index (χ0v) is 18.2. The van der Waals surface area contributed by atoms with Gasteiger partial charge in [0.1, 0.15) is 5.75 Å². The Bertz CT molecular complexity index is 1360. The maximum atomic E-state index is 12.9. The van der Waals surface area contributed by atoms with Crippen molar-refractivity contribution in [3.8, 4) is 5.75 Å². The third-order valence-electron chi connectivity index (χ3n) is 4.93. The van der Waals surface area contributed by atoms with E-state index in [4.69, 9.17) is 4.74 Å². The van der Waals surface area contributed by atoms with Gasteiger partial charge >= 0.3 is 0 Å². The first-order valence-corrected chi connectivity index (χ1v) is 11.5. The first kappa shape index (κ1) is 21.4. The number of anilines is 2. The summed E-state index contributed by atoms with van der Waals surface area (Å²) in [7, 11) is -3.79. The molecular formula is C25H22N2O4S. The van der Waals surface area contributed by atoms with E-state index in [0.29, 0.717) is 17.1 Å². The van der Waals surface area contributed by atoms with Crippen molar-refractivity contribution < 1.29 is 17.9 Å². The molecule has 1 amide bonds. The lowest BCUT2D eigenvalue weighted by molar-refractivity contribution is -0.118. The van der Waals surface area contributed by atoms with E-state index in [9.17, 15) is 13.2 Å². The molecule has 0 spiro atoms. The van der Waals surface area contributed by atoms with Crippen molar-refractivity contribution in [3.05, 3.63) is 96.6 Å². The molecule has 0 radical (unpaired) electrons. The SMILES string of the molecule is Cc1ccccc1OCC(=O)Nc1ccc(S(=O)(=O)Nc2cccc3ccccc23)cc1. The van der Waals surface area contributed by atoms with Gasteiger partial charge in [-0.2, -0.15) is 0 Å². The molecular weight excluding hydrogens is 424 g/mol. The smallest absolute Gasteiger partial charge is 0.262 e. The minimum atomic E-state index is -3.79. The number of carbonyl (C=O) groups excluding carboxylic acids is 1. The molecule has 32 heavy (non-hydrogen) atoms. The zero-order chi connectivity index (χ0) is 22.6. The van der Waals surface area contributed by atoms with Crippen LogP contribution in [0.15, 0.2) is 95.9 Å². The van der Waals surface area contributed by atoms with Gasteiger partial charge in [-0.15, -0.1) is 0 Å². The second-order valence-corrected chi connectivity index (χ2v) is 8.94. The van der Waals surface area contributed by atoms with Crippen LogP contribution in [0.4, 0.5) is 11.4 Å². The summed E-state index contributed by atoms with van der Waals surface area (Å²) in [4.78, 5) is 12.3. The molecule has 0 saturated carbocycles. The third-order valence-corrected chi connectivity index (χ3v) is 6.32. The standard InChI is InChI=1S/C25H22N2O4S/c1-18-7-2-5-12-24(18)31-17-25(28)26-20-13-15-21(16-14-20)32(29,30)27-23-11-6-9-19-8-3-4-10-22(19)23/h2-16,27H,17H2,1H3,(H,26,28). The van der Waals surface area contributed by atoms with E-state index in [1.807, 2.05) is 55.5 Å². The summed E-state index contributed by atoms with van der Waals surface area (Å²) < 4.78 is 33.9. The first-order chi connectivity index (χ1) is 15.4. The van der Waals surface area contributed by atoms with E-state index in [0.717, 1.165) is 16.3 Å². The Morgan fingerprint density at radius 2 is 1.53 bits per heavy atom. The Kier molecular flexibility index (Phi) is 6.09. The number of nitrogens with one attached hydrogen (secondary N) is 2. The van der Waals surface area contributed by atoms with Gasteiger partial charge in [-0.25, -0.2) is 8.42 Å². The zero-order valence-electron chi connectivity index (χ0n) is 17.4. The summed E-state index contributed by atoms with van der Waals surface area (Å²) >= 11 is 0. The maximum absolute atomic E-state index is 12.9. The molecule has 0 saturated heterocycles. The Morgan fingerprint density at radius 1 is 0.844 bits per heavy atom. The summed E-state index contributed by atoms with van der Waals surface area (Å²) in [5.41, 5.74) is 1.93. The van der Waals surface area contributed by atoms with Crippen LogP contribution in [-0.2, 0) is 14.8 Å². The molecule has 6 nitrogen and oxygen atoms in total. The van der Waals surface area contributed by atoms with Crippen molar-refractivity contribution in [1.29, 1.82) is 0 Å². The van der Waals surface area contributed by atoms with Crippen molar-refractivity contribution in [1.82, 2.24) is 0 Å². The van der Waals surface area contributed by atoms with Crippen LogP contribution >= 0.6 is 0 Å². The highest BCUT2D eigenvalue weighted by Crippen LogP contribution is 2.26. The molecule has 0 aliphatic heterocycles. The van der Waals surface area contributed by atoms with Crippen LogP contribution < -0.4 is 14.8 Å². The Balaban J connectivity index is 1.42. The number of benzene rings is 4. The van der Waals surface area contributed by atoms with Gasteiger partial charge in [0.15, 0.2) is 6.61 Å². The lowest BCUT2D eigenvalue weighted by Gasteiger charge is -2.12. The Morgan fingerprint density at radius 3 is 2.31 bits per heavy atom. The van der Waals surface area contributed by atoms with Gasteiger partial charge in [-0.3, -0.25) is 9.52 Å². The molecule has 0 heterocycles. The van der Waals surface area contributed by atoms with Gasteiger partial charge in [-0.1, -0.05) is 54.6 Å². The van der Waals surface area contributed by atoms with Crippen LogP contribution in [0.1, 0.15) is 5.56 Å². The molecule has 0 aromatic heterocycles. The average molecular weight is 447 g/mol. The van der Waals surface area contributed by atoms with Crippen molar-refractivity contribution in [2.45, 2.75) is 11.8 Å². The van der Waals surface area contributed by atoms with Gasteiger partial charge < -0.3 is 10.1 Å². The molecule has 4 rings (SSSR count). The van der Waals surface area contributed by atoms with Crippen LogP contribution in [-0.4, -0.2) is 20.9 Å². The second-order valence-electron chi connectivity index (χ2n) is 7.26. The highest BCUT2D eigenvalue weighted by molar-refractivity contribution is 7.92. The number of amides is 1. The number of hydrogen-bond donors (Lipinski definition) is 2. The van der Waals surface area contributed by atoms with Gasteiger partial charge in [0.25, 0.3) is 15.9 Å². The quantitative estimate of drug-likeness (QED) is 0.420. The van der Waals surface area contributed by atoms with Crippen LogP contribution in [0.2, 0.25) is 0 Å². The summed E-state index contributed by atoms with van der Waals surface area (Å²) in [6.45, 7) is 1.76. The average Bonchev–Trinajstić information content (AvgIpc) is 2.79. The fourth-order valence-electron chi connectivity index (χ4n) is 3.29. The number of para-hydroxylation sites is 1. The molecule has 7 heteroatoms. The largest absolute Gasteiger partial charge is 0.483 e. The van der Waals surface area contributed by atoms with Crippen LogP contribution in [0.3, 0.4) is 0 Å². The summed E-state index contributed by atoms with van der Waals surface area (Å²) in [5.74, 6) is 0.307. The molecule has 0 aliphatic carbocycles. The molecule has 2 N–H and O–H groups in total.